The van der Waals surface area contributed by atoms with Crippen molar-refractivity contribution in [2.75, 3.05) is 26.3 Å². The number of hydrogen-bond acceptors (Lipinski definition) is 4. The zero-order valence-electron chi connectivity index (χ0n) is 14.0. The minimum atomic E-state index is -0.182. The molecule has 130 valence electrons. The van der Waals surface area contributed by atoms with Crippen LogP contribution in [0.4, 0.5) is 0 Å². The number of carbonyl (C=O) groups is 1. The van der Waals surface area contributed by atoms with E-state index in [0.717, 1.165) is 43.2 Å². The Morgan fingerprint density at radius 1 is 1.50 bits per heavy atom. The van der Waals surface area contributed by atoms with E-state index in [9.17, 15) is 4.79 Å². The van der Waals surface area contributed by atoms with Crippen LogP contribution < -0.4 is 0 Å². The van der Waals surface area contributed by atoms with Crippen LogP contribution in [0.3, 0.4) is 0 Å². The average molecular weight is 347 g/mol. The van der Waals surface area contributed by atoms with Crippen LogP contribution in [0.2, 0.25) is 0 Å². The van der Waals surface area contributed by atoms with Crippen molar-refractivity contribution in [2.24, 2.45) is 5.92 Å². The first-order chi connectivity index (χ1) is 11.7. The number of nitrogens with zero attached hydrogens (tertiary/aromatic N) is 1. The first-order valence-corrected chi connectivity index (χ1v) is 9.86. The summed E-state index contributed by atoms with van der Waals surface area (Å²) in [5.74, 6) is 0.877. The molecule has 1 aliphatic carbocycles. The molecule has 1 saturated carbocycles. The lowest BCUT2D eigenvalue weighted by atomic mass is 9.89. The molecule has 4 nitrogen and oxygen atoms in total. The van der Waals surface area contributed by atoms with Crippen molar-refractivity contribution in [3.63, 3.8) is 0 Å². The normalized spacial score (nSPS) is 30.5. The highest BCUT2D eigenvalue weighted by Crippen LogP contribution is 2.37. The number of amides is 1. The zero-order valence-corrected chi connectivity index (χ0v) is 14.8. The lowest BCUT2D eigenvalue weighted by molar-refractivity contribution is -0.133. The third-order valence-electron chi connectivity index (χ3n) is 5.22. The van der Waals surface area contributed by atoms with Gasteiger partial charge >= 0.3 is 0 Å². The van der Waals surface area contributed by atoms with Crippen molar-refractivity contribution >= 4 is 23.3 Å². The van der Waals surface area contributed by atoms with E-state index in [2.05, 4.69) is 0 Å². The van der Waals surface area contributed by atoms with E-state index >= 15 is 0 Å². The number of rotatable bonds is 5. The quantitative estimate of drug-likeness (QED) is 0.767. The van der Waals surface area contributed by atoms with Crippen LogP contribution in [0.5, 0.6) is 0 Å². The van der Waals surface area contributed by atoms with Crippen molar-refractivity contribution in [3.8, 4) is 0 Å². The molecule has 0 N–H and O–H groups in total. The molecule has 1 aromatic rings. The Hall–Kier alpha value is -1.17. The fourth-order valence-electron chi connectivity index (χ4n) is 3.68. The van der Waals surface area contributed by atoms with Gasteiger partial charge in [0.15, 0.2) is 0 Å². The monoisotopic (exact) mass is 347 g/mol. The maximum absolute atomic E-state index is 12.5. The third-order valence-corrected chi connectivity index (χ3v) is 6.06. The molecule has 0 aromatic carbocycles. The smallest absolute Gasteiger partial charge is 0.246 e. The van der Waals surface area contributed by atoms with Crippen LogP contribution in [0.15, 0.2) is 23.6 Å². The van der Waals surface area contributed by atoms with Gasteiger partial charge in [-0.25, -0.2) is 0 Å². The fraction of sp³-hybridized carbons (Fsp3) is 0.632. The highest BCUT2D eigenvalue weighted by atomic mass is 32.1. The summed E-state index contributed by atoms with van der Waals surface area (Å²) in [5, 5.41) is 2.02. The Labute approximate surface area is 147 Å². The first-order valence-electron chi connectivity index (χ1n) is 8.99. The molecule has 1 amide bonds. The number of ether oxygens (including phenoxy) is 2. The van der Waals surface area contributed by atoms with Crippen LogP contribution in [-0.2, 0) is 14.3 Å². The largest absolute Gasteiger partial charge is 0.375 e. The minimum Gasteiger partial charge on any atom is -0.375 e. The molecule has 3 heterocycles. The van der Waals surface area contributed by atoms with Crippen LogP contribution in [0.25, 0.3) is 6.08 Å². The average Bonchev–Trinajstić information content (AvgIpc) is 3.13. The topological polar surface area (TPSA) is 38.8 Å². The van der Waals surface area contributed by atoms with E-state index in [1.54, 1.807) is 17.4 Å². The molecule has 2 aliphatic heterocycles. The second-order valence-corrected chi connectivity index (χ2v) is 8.29. The van der Waals surface area contributed by atoms with Crippen molar-refractivity contribution < 1.29 is 14.3 Å². The summed E-state index contributed by atoms with van der Waals surface area (Å²) in [6, 6.07) is 4.02. The van der Waals surface area contributed by atoms with Gasteiger partial charge in [-0.1, -0.05) is 6.07 Å². The lowest BCUT2D eigenvalue weighted by Crippen LogP contribution is -2.49. The van der Waals surface area contributed by atoms with E-state index in [-0.39, 0.29) is 17.6 Å². The lowest BCUT2D eigenvalue weighted by Gasteiger charge is -2.39. The molecule has 24 heavy (non-hydrogen) atoms. The number of piperidine rings is 1. The van der Waals surface area contributed by atoms with E-state index in [4.69, 9.17) is 9.47 Å². The van der Waals surface area contributed by atoms with Gasteiger partial charge in [0.25, 0.3) is 0 Å². The van der Waals surface area contributed by atoms with Gasteiger partial charge in [-0.3, -0.25) is 4.79 Å². The first kappa shape index (κ1) is 16.3. The molecule has 0 radical (unpaired) electrons. The summed E-state index contributed by atoms with van der Waals surface area (Å²) < 4.78 is 12.1. The second-order valence-electron chi connectivity index (χ2n) is 7.31. The van der Waals surface area contributed by atoms with Crippen LogP contribution in [0.1, 0.15) is 37.0 Å². The van der Waals surface area contributed by atoms with Gasteiger partial charge in [-0.05, 0) is 49.1 Å². The van der Waals surface area contributed by atoms with E-state index in [1.165, 1.54) is 12.8 Å². The molecule has 5 heteroatoms. The van der Waals surface area contributed by atoms with Crippen LogP contribution in [-0.4, -0.2) is 48.8 Å². The van der Waals surface area contributed by atoms with Gasteiger partial charge in [0, 0.05) is 30.5 Å². The summed E-state index contributed by atoms with van der Waals surface area (Å²) in [6.45, 7) is 3.09. The molecule has 2 atom stereocenters. The Kier molecular flexibility index (Phi) is 4.74. The Morgan fingerprint density at radius 3 is 3.21 bits per heavy atom. The highest BCUT2D eigenvalue weighted by molar-refractivity contribution is 7.10. The number of hydrogen-bond donors (Lipinski definition) is 0. The predicted octanol–water partition coefficient (Wildman–Crippen LogP) is 3.34. The Morgan fingerprint density at radius 2 is 2.42 bits per heavy atom. The highest BCUT2D eigenvalue weighted by Gasteiger charge is 2.45. The molecule has 3 fully saturated rings. The SMILES string of the molecule is O=C(/C=C/c1cccs1)N1CCC[C@]2(C[C@@H](OCC3CC3)CO2)C1. The van der Waals surface area contributed by atoms with E-state index in [0.29, 0.717) is 13.2 Å². The van der Waals surface area contributed by atoms with Gasteiger partial charge in [0.1, 0.15) is 0 Å². The van der Waals surface area contributed by atoms with Gasteiger partial charge in [0.2, 0.25) is 5.91 Å². The van der Waals surface area contributed by atoms with E-state index in [1.807, 2.05) is 28.5 Å². The van der Waals surface area contributed by atoms with Crippen molar-refractivity contribution in [1.29, 1.82) is 0 Å². The summed E-state index contributed by atoms with van der Waals surface area (Å²) in [6.07, 6.45) is 9.42. The fourth-order valence-corrected chi connectivity index (χ4v) is 4.30. The van der Waals surface area contributed by atoms with Gasteiger partial charge in [-0.2, -0.15) is 0 Å². The standard InChI is InChI=1S/C19H25NO3S/c21-18(7-6-17-3-1-10-24-17)20-9-2-8-19(14-20)11-16(13-23-19)22-12-15-4-5-15/h1,3,6-7,10,15-16H,2,4-5,8-9,11-14H2/b7-6+/t16-,19+/m1/s1. The van der Waals surface area contributed by atoms with Crippen molar-refractivity contribution in [2.45, 2.75) is 43.8 Å². The van der Waals surface area contributed by atoms with Gasteiger partial charge in [0.05, 0.1) is 24.9 Å². The Balaban J connectivity index is 1.32. The van der Waals surface area contributed by atoms with Crippen LogP contribution >= 0.6 is 11.3 Å². The third kappa shape index (κ3) is 3.90. The summed E-state index contributed by atoms with van der Waals surface area (Å²) >= 11 is 1.64. The van der Waals surface area contributed by atoms with Gasteiger partial charge in [-0.15, -0.1) is 11.3 Å². The minimum absolute atomic E-state index is 0.0911. The molecular formula is C19H25NO3S. The maximum Gasteiger partial charge on any atom is 0.246 e. The predicted molar refractivity (Wildman–Crippen MR) is 94.9 cm³/mol. The Bertz CT molecular complexity index is 596. The summed E-state index contributed by atoms with van der Waals surface area (Å²) in [5.41, 5.74) is -0.182. The number of thiophene rings is 1. The number of likely N-dealkylation sites (tertiary alicyclic amines) is 1. The molecular weight excluding hydrogens is 322 g/mol. The molecule has 0 bridgehead atoms. The maximum atomic E-state index is 12.5. The number of carbonyl (C=O) groups excluding carboxylic acids is 1. The molecule has 1 aromatic heterocycles. The van der Waals surface area contributed by atoms with E-state index < -0.39 is 0 Å². The van der Waals surface area contributed by atoms with Crippen molar-refractivity contribution in [3.05, 3.63) is 28.5 Å². The van der Waals surface area contributed by atoms with Crippen molar-refractivity contribution in [1.82, 2.24) is 4.90 Å². The molecule has 2 saturated heterocycles. The molecule has 3 aliphatic rings. The second kappa shape index (κ2) is 6.98. The molecule has 0 unspecified atom stereocenters. The molecule has 1 spiro atoms. The van der Waals surface area contributed by atoms with Crippen LogP contribution in [0, 0.1) is 5.92 Å². The summed E-state index contributed by atoms with van der Waals surface area (Å²) in [4.78, 5) is 15.5. The van der Waals surface area contributed by atoms with Gasteiger partial charge < -0.3 is 14.4 Å². The molecule has 4 rings (SSSR count). The summed E-state index contributed by atoms with van der Waals surface area (Å²) in [7, 11) is 0. The zero-order chi connectivity index (χ0) is 16.4.